The van der Waals surface area contributed by atoms with E-state index in [9.17, 15) is 4.79 Å². The molecule has 1 amide bonds. The molecule has 0 heterocycles. The van der Waals surface area contributed by atoms with Gasteiger partial charge < -0.3 is 14.4 Å². The Bertz CT molecular complexity index is 849. The maximum Gasteiger partial charge on any atom is 0.247 e. The monoisotopic (exact) mass is 364 g/mol. The second-order valence-electron chi connectivity index (χ2n) is 6.31. The Hall–Kier alpha value is -3.26. The van der Waals surface area contributed by atoms with E-state index in [1.807, 2.05) is 38.1 Å². The standard InChI is InChI=1S/C22H24N2O3/c1-16(2)24(15-18-7-5-17(14-23)6-8-18)22(25)12-10-19-9-11-20(26-3)13-21(19)27-4/h5-13,16H,15H2,1-4H3/b12-10+. The minimum atomic E-state index is -0.0905. The van der Waals surface area contributed by atoms with E-state index in [1.165, 1.54) is 0 Å². The molecule has 2 rings (SSSR count). The van der Waals surface area contributed by atoms with E-state index in [-0.39, 0.29) is 11.9 Å². The first-order valence-corrected chi connectivity index (χ1v) is 8.68. The molecule has 0 aliphatic heterocycles. The zero-order chi connectivity index (χ0) is 19.8. The summed E-state index contributed by atoms with van der Waals surface area (Å²) in [5.74, 6) is 1.24. The van der Waals surface area contributed by atoms with Gasteiger partial charge in [0, 0.05) is 30.3 Å². The molecule has 5 heteroatoms. The van der Waals surface area contributed by atoms with Gasteiger partial charge >= 0.3 is 0 Å². The van der Waals surface area contributed by atoms with E-state index < -0.39 is 0 Å². The van der Waals surface area contributed by atoms with Crippen LogP contribution in [0.5, 0.6) is 11.5 Å². The van der Waals surface area contributed by atoms with Gasteiger partial charge in [-0.2, -0.15) is 5.26 Å². The summed E-state index contributed by atoms with van der Waals surface area (Å²) in [6.07, 6.45) is 3.29. The molecule has 0 aliphatic carbocycles. The van der Waals surface area contributed by atoms with Crippen molar-refractivity contribution in [1.29, 1.82) is 5.26 Å². The molecule has 140 valence electrons. The molecule has 0 N–H and O–H groups in total. The third kappa shape index (κ3) is 5.35. The van der Waals surface area contributed by atoms with Gasteiger partial charge in [-0.15, -0.1) is 0 Å². The van der Waals surface area contributed by atoms with Crippen LogP contribution in [-0.2, 0) is 11.3 Å². The largest absolute Gasteiger partial charge is 0.497 e. The Kier molecular flexibility index (Phi) is 7.01. The first kappa shape index (κ1) is 20.1. The molecule has 0 radical (unpaired) electrons. The fourth-order valence-corrected chi connectivity index (χ4v) is 2.61. The van der Waals surface area contributed by atoms with E-state index in [2.05, 4.69) is 6.07 Å². The summed E-state index contributed by atoms with van der Waals surface area (Å²) in [4.78, 5) is 14.5. The molecular formula is C22H24N2O3. The number of amides is 1. The van der Waals surface area contributed by atoms with Gasteiger partial charge in [0.2, 0.25) is 5.91 Å². The van der Waals surface area contributed by atoms with Crippen LogP contribution in [0, 0.1) is 11.3 Å². The van der Waals surface area contributed by atoms with Gasteiger partial charge in [0.25, 0.3) is 0 Å². The Morgan fingerprint density at radius 2 is 1.85 bits per heavy atom. The van der Waals surface area contributed by atoms with Crippen molar-refractivity contribution in [1.82, 2.24) is 4.90 Å². The zero-order valence-corrected chi connectivity index (χ0v) is 16.1. The number of hydrogen-bond acceptors (Lipinski definition) is 4. The van der Waals surface area contributed by atoms with Gasteiger partial charge in [-0.1, -0.05) is 12.1 Å². The lowest BCUT2D eigenvalue weighted by Crippen LogP contribution is -2.35. The van der Waals surface area contributed by atoms with Crippen LogP contribution in [0.25, 0.3) is 6.08 Å². The second kappa shape index (κ2) is 9.44. The van der Waals surface area contributed by atoms with Gasteiger partial charge in [0.05, 0.1) is 25.9 Å². The number of methoxy groups -OCH3 is 2. The van der Waals surface area contributed by atoms with Crippen molar-refractivity contribution < 1.29 is 14.3 Å². The molecule has 0 unspecified atom stereocenters. The number of benzene rings is 2. The number of carbonyl (C=O) groups is 1. The highest BCUT2D eigenvalue weighted by molar-refractivity contribution is 5.92. The predicted octanol–water partition coefficient (Wildman–Crippen LogP) is 4.03. The lowest BCUT2D eigenvalue weighted by atomic mass is 10.1. The lowest BCUT2D eigenvalue weighted by molar-refractivity contribution is -0.128. The lowest BCUT2D eigenvalue weighted by Gasteiger charge is -2.25. The molecule has 2 aromatic rings. The topological polar surface area (TPSA) is 62.6 Å². The minimum absolute atomic E-state index is 0.0376. The highest BCUT2D eigenvalue weighted by atomic mass is 16.5. The molecule has 0 atom stereocenters. The average molecular weight is 364 g/mol. The fourth-order valence-electron chi connectivity index (χ4n) is 2.61. The molecule has 0 bridgehead atoms. The summed E-state index contributed by atoms with van der Waals surface area (Å²) in [7, 11) is 3.18. The molecule has 0 fully saturated rings. The Morgan fingerprint density at radius 3 is 2.41 bits per heavy atom. The first-order chi connectivity index (χ1) is 13.0. The normalized spacial score (nSPS) is 10.7. The van der Waals surface area contributed by atoms with Crippen molar-refractivity contribution in [3.63, 3.8) is 0 Å². The van der Waals surface area contributed by atoms with Crippen LogP contribution in [0.4, 0.5) is 0 Å². The van der Waals surface area contributed by atoms with Crippen LogP contribution in [0.15, 0.2) is 48.5 Å². The van der Waals surface area contributed by atoms with Crippen LogP contribution in [-0.4, -0.2) is 31.1 Å². The van der Waals surface area contributed by atoms with Crippen molar-refractivity contribution >= 4 is 12.0 Å². The number of ether oxygens (including phenoxy) is 2. The van der Waals surface area contributed by atoms with Gasteiger partial charge in [-0.25, -0.2) is 0 Å². The molecule has 0 spiro atoms. The third-order valence-corrected chi connectivity index (χ3v) is 4.19. The number of rotatable bonds is 7. The van der Waals surface area contributed by atoms with E-state index in [1.54, 1.807) is 49.5 Å². The molecule has 0 aromatic heterocycles. The average Bonchev–Trinajstić information content (AvgIpc) is 2.70. The summed E-state index contributed by atoms with van der Waals surface area (Å²) in [6, 6.07) is 14.9. The molecule has 0 saturated carbocycles. The smallest absolute Gasteiger partial charge is 0.247 e. The molecule has 0 aliphatic rings. The quantitative estimate of drug-likeness (QED) is 0.696. The molecule has 27 heavy (non-hydrogen) atoms. The summed E-state index contributed by atoms with van der Waals surface area (Å²) in [6.45, 7) is 4.43. The number of carbonyl (C=O) groups excluding carboxylic acids is 1. The predicted molar refractivity (Wildman–Crippen MR) is 105 cm³/mol. The van der Waals surface area contributed by atoms with E-state index in [0.29, 0.717) is 23.6 Å². The Balaban J connectivity index is 2.17. The van der Waals surface area contributed by atoms with E-state index >= 15 is 0 Å². The summed E-state index contributed by atoms with van der Waals surface area (Å²) >= 11 is 0. The Morgan fingerprint density at radius 1 is 1.15 bits per heavy atom. The van der Waals surface area contributed by atoms with E-state index in [0.717, 1.165) is 11.1 Å². The van der Waals surface area contributed by atoms with Crippen molar-refractivity contribution in [2.75, 3.05) is 14.2 Å². The molecule has 2 aromatic carbocycles. The zero-order valence-electron chi connectivity index (χ0n) is 16.1. The van der Waals surface area contributed by atoms with Crippen LogP contribution in [0.2, 0.25) is 0 Å². The van der Waals surface area contributed by atoms with Crippen LogP contribution in [0.3, 0.4) is 0 Å². The summed E-state index contributed by atoms with van der Waals surface area (Å²) in [5.41, 5.74) is 2.38. The van der Waals surface area contributed by atoms with E-state index in [4.69, 9.17) is 14.7 Å². The highest BCUT2D eigenvalue weighted by Crippen LogP contribution is 2.25. The molecule has 0 saturated heterocycles. The second-order valence-corrected chi connectivity index (χ2v) is 6.31. The van der Waals surface area contributed by atoms with Crippen LogP contribution in [0.1, 0.15) is 30.5 Å². The van der Waals surface area contributed by atoms with Gasteiger partial charge in [0.15, 0.2) is 0 Å². The highest BCUT2D eigenvalue weighted by Gasteiger charge is 2.15. The number of nitrogens with zero attached hydrogens (tertiary/aromatic N) is 2. The minimum Gasteiger partial charge on any atom is -0.497 e. The van der Waals surface area contributed by atoms with Crippen molar-refractivity contribution in [3.8, 4) is 17.6 Å². The van der Waals surface area contributed by atoms with Gasteiger partial charge in [-0.05, 0) is 49.8 Å². The summed E-state index contributed by atoms with van der Waals surface area (Å²) < 4.78 is 10.6. The maximum atomic E-state index is 12.7. The molecular weight excluding hydrogens is 340 g/mol. The number of hydrogen-bond donors (Lipinski definition) is 0. The fraction of sp³-hybridized carbons (Fsp3) is 0.273. The SMILES string of the molecule is COc1ccc(/C=C/C(=O)N(Cc2ccc(C#N)cc2)C(C)C)c(OC)c1. The first-order valence-electron chi connectivity index (χ1n) is 8.68. The van der Waals surface area contributed by atoms with Crippen molar-refractivity contribution in [3.05, 3.63) is 65.2 Å². The van der Waals surface area contributed by atoms with Gasteiger partial charge in [0.1, 0.15) is 11.5 Å². The number of nitriles is 1. The van der Waals surface area contributed by atoms with Crippen molar-refractivity contribution in [2.45, 2.75) is 26.4 Å². The van der Waals surface area contributed by atoms with Crippen molar-refractivity contribution in [2.24, 2.45) is 0 Å². The van der Waals surface area contributed by atoms with Gasteiger partial charge in [-0.3, -0.25) is 4.79 Å². The molecule has 5 nitrogen and oxygen atoms in total. The van der Waals surface area contributed by atoms with Crippen LogP contribution < -0.4 is 9.47 Å². The Labute approximate surface area is 160 Å². The maximum absolute atomic E-state index is 12.7. The third-order valence-electron chi connectivity index (χ3n) is 4.19. The summed E-state index contributed by atoms with van der Waals surface area (Å²) in [5, 5.41) is 8.90. The van der Waals surface area contributed by atoms with Crippen LogP contribution >= 0.6 is 0 Å².